The highest BCUT2D eigenvalue weighted by molar-refractivity contribution is 5.83. The lowest BCUT2D eigenvalue weighted by Gasteiger charge is -2.24. The highest BCUT2D eigenvalue weighted by Gasteiger charge is 2.35. The molecule has 1 rings (SSSR count). The van der Waals surface area contributed by atoms with Crippen LogP contribution in [-0.4, -0.2) is 47.7 Å². The summed E-state index contributed by atoms with van der Waals surface area (Å²) in [6, 6.07) is 0. The molecule has 2 unspecified atom stereocenters. The van der Waals surface area contributed by atoms with Crippen molar-refractivity contribution in [3.8, 4) is 0 Å². The van der Waals surface area contributed by atoms with Gasteiger partial charge in [0.15, 0.2) is 0 Å². The van der Waals surface area contributed by atoms with Crippen LogP contribution < -0.4 is 0 Å². The van der Waals surface area contributed by atoms with Gasteiger partial charge >= 0.3 is 5.97 Å². The molecule has 1 aliphatic rings. The van der Waals surface area contributed by atoms with Crippen LogP contribution in [0.4, 0.5) is 0 Å². The summed E-state index contributed by atoms with van der Waals surface area (Å²) in [6.45, 7) is 6.06. The second-order valence-electron chi connectivity index (χ2n) is 4.11. The fourth-order valence-electron chi connectivity index (χ4n) is 2.12. The van der Waals surface area contributed by atoms with Crippen molar-refractivity contribution in [2.45, 2.75) is 25.9 Å². The van der Waals surface area contributed by atoms with E-state index in [1.807, 2.05) is 6.92 Å². The van der Waals surface area contributed by atoms with Gasteiger partial charge in [-0.1, -0.05) is 13.0 Å². The molecule has 0 aromatic heterocycles. The number of carboxylic acids is 1. The number of amides is 1. The van der Waals surface area contributed by atoms with Crippen LogP contribution in [0.5, 0.6) is 0 Å². The van der Waals surface area contributed by atoms with Gasteiger partial charge < -0.3 is 14.7 Å². The predicted octanol–water partition coefficient (Wildman–Crippen LogP) is 0.901. The van der Waals surface area contributed by atoms with Crippen molar-refractivity contribution in [3.05, 3.63) is 12.7 Å². The first-order valence-corrected chi connectivity index (χ1v) is 5.83. The lowest BCUT2D eigenvalue weighted by atomic mass is 9.98. The van der Waals surface area contributed by atoms with Crippen molar-refractivity contribution in [1.29, 1.82) is 0 Å². The number of hydrogen-bond acceptors (Lipinski definition) is 3. The summed E-state index contributed by atoms with van der Waals surface area (Å²) in [7, 11) is 0. The van der Waals surface area contributed by atoms with Crippen LogP contribution in [-0.2, 0) is 14.3 Å². The average Bonchev–Trinajstić information content (AvgIpc) is 2.74. The summed E-state index contributed by atoms with van der Waals surface area (Å²) < 4.78 is 5.45. The van der Waals surface area contributed by atoms with Crippen molar-refractivity contribution < 1.29 is 19.4 Å². The quantitative estimate of drug-likeness (QED) is 0.702. The molecule has 0 radical (unpaired) electrons. The van der Waals surface area contributed by atoms with Crippen LogP contribution in [0.25, 0.3) is 0 Å². The zero-order valence-electron chi connectivity index (χ0n) is 10.1. The topological polar surface area (TPSA) is 66.8 Å². The molecule has 0 spiro atoms. The molecular weight excluding hydrogens is 222 g/mol. The lowest BCUT2D eigenvalue weighted by molar-refractivity contribution is -0.146. The van der Waals surface area contributed by atoms with Gasteiger partial charge in [-0.15, -0.1) is 6.58 Å². The maximum atomic E-state index is 12.2. The van der Waals surface area contributed by atoms with E-state index < -0.39 is 5.97 Å². The molecule has 1 aliphatic heterocycles. The van der Waals surface area contributed by atoms with Gasteiger partial charge in [0.05, 0.1) is 12.0 Å². The summed E-state index contributed by atoms with van der Waals surface area (Å²) >= 11 is 0. The highest BCUT2D eigenvalue weighted by Crippen LogP contribution is 2.25. The van der Waals surface area contributed by atoms with Crippen LogP contribution in [0, 0.1) is 5.92 Å². The molecule has 1 saturated heterocycles. The molecule has 0 aliphatic carbocycles. The van der Waals surface area contributed by atoms with E-state index in [1.54, 1.807) is 0 Å². The first-order chi connectivity index (χ1) is 8.10. The van der Waals surface area contributed by atoms with E-state index in [2.05, 4.69) is 6.58 Å². The van der Waals surface area contributed by atoms with E-state index in [0.717, 1.165) is 6.42 Å². The standard InChI is InChI=1S/C12H19NO4/c1-3-6-13(8-11(14)15)12(16)9-5-7-17-10(9)4-2/h3,9-10H,1,4-8H2,2H3,(H,14,15). The van der Waals surface area contributed by atoms with Crippen LogP contribution in [0.2, 0.25) is 0 Å². The smallest absolute Gasteiger partial charge is 0.323 e. The van der Waals surface area contributed by atoms with Crippen LogP contribution >= 0.6 is 0 Å². The number of ether oxygens (including phenoxy) is 1. The largest absolute Gasteiger partial charge is 0.480 e. The van der Waals surface area contributed by atoms with Crippen molar-refractivity contribution in [2.75, 3.05) is 19.7 Å². The van der Waals surface area contributed by atoms with Gasteiger partial charge in [-0.05, 0) is 12.8 Å². The van der Waals surface area contributed by atoms with Gasteiger partial charge in [-0.2, -0.15) is 0 Å². The molecule has 0 aromatic rings. The third-order valence-corrected chi connectivity index (χ3v) is 2.92. The molecule has 96 valence electrons. The number of nitrogens with zero attached hydrogens (tertiary/aromatic N) is 1. The van der Waals surface area contributed by atoms with Gasteiger partial charge in [-0.25, -0.2) is 0 Å². The van der Waals surface area contributed by atoms with Crippen molar-refractivity contribution >= 4 is 11.9 Å². The van der Waals surface area contributed by atoms with Gasteiger partial charge in [-0.3, -0.25) is 9.59 Å². The van der Waals surface area contributed by atoms with Gasteiger partial charge in [0.1, 0.15) is 6.54 Å². The minimum Gasteiger partial charge on any atom is -0.480 e. The van der Waals surface area contributed by atoms with Gasteiger partial charge in [0.25, 0.3) is 0 Å². The van der Waals surface area contributed by atoms with Crippen molar-refractivity contribution in [3.63, 3.8) is 0 Å². The SMILES string of the molecule is C=CCN(CC(=O)O)C(=O)C1CCOC1CC. The molecule has 1 N–H and O–H groups in total. The molecule has 1 fully saturated rings. The summed E-state index contributed by atoms with van der Waals surface area (Å²) in [5.41, 5.74) is 0. The Morgan fingerprint density at radius 2 is 2.29 bits per heavy atom. The average molecular weight is 241 g/mol. The Morgan fingerprint density at radius 3 is 2.82 bits per heavy atom. The van der Waals surface area contributed by atoms with E-state index in [9.17, 15) is 9.59 Å². The molecule has 5 heteroatoms. The van der Waals surface area contributed by atoms with E-state index >= 15 is 0 Å². The molecule has 1 amide bonds. The molecule has 17 heavy (non-hydrogen) atoms. The van der Waals surface area contributed by atoms with E-state index in [4.69, 9.17) is 9.84 Å². The molecule has 5 nitrogen and oxygen atoms in total. The molecule has 2 atom stereocenters. The van der Waals surface area contributed by atoms with Crippen molar-refractivity contribution in [2.24, 2.45) is 5.92 Å². The minimum absolute atomic E-state index is 0.0800. The van der Waals surface area contributed by atoms with E-state index in [1.165, 1.54) is 11.0 Å². The zero-order chi connectivity index (χ0) is 12.8. The summed E-state index contributed by atoms with van der Waals surface area (Å²) in [5.74, 6) is -1.36. The maximum Gasteiger partial charge on any atom is 0.323 e. The first-order valence-electron chi connectivity index (χ1n) is 5.83. The lowest BCUT2D eigenvalue weighted by Crippen LogP contribution is -2.42. The van der Waals surface area contributed by atoms with Crippen molar-refractivity contribution in [1.82, 2.24) is 4.90 Å². The number of aliphatic carboxylic acids is 1. The maximum absolute atomic E-state index is 12.2. The van der Waals surface area contributed by atoms with Gasteiger partial charge in [0.2, 0.25) is 5.91 Å². The number of hydrogen-bond donors (Lipinski definition) is 1. The second kappa shape index (κ2) is 6.39. The zero-order valence-corrected chi connectivity index (χ0v) is 10.1. The molecule has 0 saturated carbocycles. The van der Waals surface area contributed by atoms with E-state index in [-0.39, 0.29) is 31.0 Å². The Hall–Kier alpha value is -1.36. The number of rotatable bonds is 6. The fraction of sp³-hybridized carbons (Fsp3) is 0.667. The predicted molar refractivity (Wildman–Crippen MR) is 62.6 cm³/mol. The Kier molecular flexibility index (Phi) is 5.15. The van der Waals surface area contributed by atoms with Crippen LogP contribution in [0.1, 0.15) is 19.8 Å². The van der Waals surface area contributed by atoms with Crippen LogP contribution in [0.3, 0.4) is 0 Å². The Bertz CT molecular complexity index is 303. The molecule has 0 bridgehead atoms. The second-order valence-corrected chi connectivity index (χ2v) is 4.11. The molecule has 0 aromatic carbocycles. The third kappa shape index (κ3) is 3.56. The Labute approximate surface area is 101 Å². The van der Waals surface area contributed by atoms with Crippen LogP contribution in [0.15, 0.2) is 12.7 Å². The normalized spacial score (nSPS) is 23.4. The minimum atomic E-state index is -1.01. The summed E-state index contributed by atoms with van der Waals surface area (Å²) in [5, 5.41) is 8.77. The summed E-state index contributed by atoms with van der Waals surface area (Å²) in [4.78, 5) is 24.2. The Morgan fingerprint density at radius 1 is 1.59 bits per heavy atom. The first kappa shape index (κ1) is 13.7. The molecule has 1 heterocycles. The van der Waals surface area contributed by atoms with Gasteiger partial charge in [0, 0.05) is 13.2 Å². The number of carboxylic acid groups (broad SMARTS) is 1. The Balaban J connectivity index is 2.69. The number of carbonyl (C=O) groups excluding carboxylic acids is 1. The van der Waals surface area contributed by atoms with E-state index in [0.29, 0.717) is 13.0 Å². The monoisotopic (exact) mass is 241 g/mol. The molecular formula is C12H19NO4. The number of carbonyl (C=O) groups is 2. The fourth-order valence-corrected chi connectivity index (χ4v) is 2.12. The summed E-state index contributed by atoms with van der Waals surface area (Å²) in [6.07, 6.45) is 2.90. The highest BCUT2D eigenvalue weighted by atomic mass is 16.5. The third-order valence-electron chi connectivity index (χ3n) is 2.92.